The Balaban J connectivity index is 2.65. The molecule has 1 aromatic carbocycles. The summed E-state index contributed by atoms with van der Waals surface area (Å²) in [7, 11) is 0. The molecule has 1 atom stereocenters. The van der Waals surface area contributed by atoms with E-state index in [0.29, 0.717) is 6.42 Å². The van der Waals surface area contributed by atoms with Crippen LogP contribution >= 0.6 is 0 Å². The number of benzene rings is 1. The summed E-state index contributed by atoms with van der Waals surface area (Å²) in [6, 6.07) is 8.19. The molecule has 1 N–H and O–H groups in total. The molecule has 0 bridgehead atoms. The molecule has 1 unspecified atom stereocenters. The lowest BCUT2D eigenvalue weighted by Crippen LogP contribution is -2.14. The summed E-state index contributed by atoms with van der Waals surface area (Å²) in [5.74, 6) is 0.869. The maximum Gasteiger partial charge on any atom is 0.119 e. The number of ether oxygens (including phenoxy) is 1. The van der Waals surface area contributed by atoms with Crippen molar-refractivity contribution in [2.24, 2.45) is 0 Å². The van der Waals surface area contributed by atoms with E-state index in [0.717, 1.165) is 5.75 Å². The van der Waals surface area contributed by atoms with Gasteiger partial charge in [0.05, 0.1) is 6.10 Å². The van der Waals surface area contributed by atoms with Crippen LogP contribution in [0.1, 0.15) is 39.7 Å². The van der Waals surface area contributed by atoms with E-state index in [1.807, 2.05) is 19.1 Å². The van der Waals surface area contributed by atoms with Crippen molar-refractivity contribution >= 4 is 0 Å². The molecule has 90 valence electrons. The molecule has 0 aromatic heterocycles. The fourth-order valence-electron chi connectivity index (χ4n) is 1.51. The molecular formula is C14H22O2. The summed E-state index contributed by atoms with van der Waals surface area (Å²) in [6.45, 7) is 8.71. The molecule has 0 aliphatic rings. The monoisotopic (exact) mass is 222 g/mol. The lowest BCUT2D eigenvalue weighted by atomic mass is 9.87. The van der Waals surface area contributed by atoms with E-state index >= 15 is 0 Å². The number of hydrogen-bond acceptors (Lipinski definition) is 2. The van der Waals surface area contributed by atoms with Crippen LogP contribution in [0.25, 0.3) is 0 Å². The highest BCUT2D eigenvalue weighted by Gasteiger charge is 2.13. The van der Waals surface area contributed by atoms with E-state index in [-0.39, 0.29) is 18.1 Å². The zero-order chi connectivity index (χ0) is 12.2. The Kier molecular flexibility index (Phi) is 4.36. The summed E-state index contributed by atoms with van der Waals surface area (Å²) in [6.07, 6.45) is 0.728. The third-order valence-corrected chi connectivity index (χ3v) is 2.59. The summed E-state index contributed by atoms with van der Waals surface area (Å²) in [5.41, 5.74) is 1.48. The molecule has 1 rings (SSSR count). The molecule has 0 spiro atoms. The second-order valence-electron chi connectivity index (χ2n) is 5.22. The first kappa shape index (κ1) is 13.0. The maximum atomic E-state index is 8.79. The number of aliphatic hydroxyl groups is 1. The Bertz CT molecular complexity index is 309. The molecule has 0 aliphatic carbocycles. The third-order valence-electron chi connectivity index (χ3n) is 2.59. The van der Waals surface area contributed by atoms with Crippen LogP contribution in [0.4, 0.5) is 0 Å². The highest BCUT2D eigenvalue weighted by atomic mass is 16.5. The van der Waals surface area contributed by atoms with Gasteiger partial charge in [-0.2, -0.15) is 0 Å². The van der Waals surface area contributed by atoms with Crippen LogP contribution in [0.2, 0.25) is 0 Å². The molecule has 0 heterocycles. The Morgan fingerprint density at radius 1 is 1.19 bits per heavy atom. The quantitative estimate of drug-likeness (QED) is 0.848. The molecular weight excluding hydrogens is 200 g/mol. The van der Waals surface area contributed by atoms with Crippen LogP contribution < -0.4 is 4.74 Å². The zero-order valence-corrected chi connectivity index (χ0v) is 10.7. The van der Waals surface area contributed by atoms with E-state index in [1.54, 1.807) is 0 Å². The van der Waals surface area contributed by atoms with E-state index in [2.05, 4.69) is 32.9 Å². The first-order chi connectivity index (χ1) is 7.43. The van der Waals surface area contributed by atoms with Gasteiger partial charge in [0.25, 0.3) is 0 Å². The average molecular weight is 222 g/mol. The van der Waals surface area contributed by atoms with Gasteiger partial charge in [-0.3, -0.25) is 0 Å². The minimum Gasteiger partial charge on any atom is -0.491 e. The summed E-state index contributed by atoms with van der Waals surface area (Å²) in [4.78, 5) is 0. The molecule has 0 saturated heterocycles. The van der Waals surface area contributed by atoms with Gasteiger partial charge < -0.3 is 9.84 Å². The molecule has 0 fully saturated rings. The van der Waals surface area contributed by atoms with Gasteiger partial charge in [-0.1, -0.05) is 32.9 Å². The normalized spacial score (nSPS) is 13.6. The number of aliphatic hydroxyl groups excluding tert-OH is 1. The predicted molar refractivity (Wildman–Crippen MR) is 66.9 cm³/mol. The maximum absolute atomic E-state index is 8.79. The van der Waals surface area contributed by atoms with Gasteiger partial charge in [0.1, 0.15) is 5.75 Å². The van der Waals surface area contributed by atoms with Gasteiger partial charge in [-0.15, -0.1) is 0 Å². The van der Waals surface area contributed by atoms with E-state index in [1.165, 1.54) is 5.56 Å². The first-order valence-electron chi connectivity index (χ1n) is 5.81. The van der Waals surface area contributed by atoms with Crippen molar-refractivity contribution in [3.8, 4) is 5.75 Å². The first-order valence-corrected chi connectivity index (χ1v) is 5.81. The highest BCUT2D eigenvalue weighted by Crippen LogP contribution is 2.24. The predicted octanol–water partition coefficient (Wildman–Crippen LogP) is 3.13. The van der Waals surface area contributed by atoms with Gasteiger partial charge in [0, 0.05) is 13.0 Å². The van der Waals surface area contributed by atoms with Crippen molar-refractivity contribution in [2.45, 2.75) is 45.6 Å². The van der Waals surface area contributed by atoms with Crippen LogP contribution in [0, 0.1) is 0 Å². The summed E-state index contributed by atoms with van der Waals surface area (Å²) >= 11 is 0. The van der Waals surface area contributed by atoms with Crippen LogP contribution in [0.3, 0.4) is 0 Å². The lowest BCUT2D eigenvalue weighted by molar-refractivity contribution is 0.169. The SMILES string of the molecule is CC(CCO)Oc1ccc(C(C)(C)C)cc1. The summed E-state index contributed by atoms with van der Waals surface area (Å²) in [5, 5.41) is 8.79. The molecule has 2 nitrogen and oxygen atoms in total. The van der Waals surface area contributed by atoms with Crippen molar-refractivity contribution in [1.82, 2.24) is 0 Å². The molecule has 0 amide bonds. The van der Waals surface area contributed by atoms with E-state index in [9.17, 15) is 0 Å². The van der Waals surface area contributed by atoms with E-state index < -0.39 is 0 Å². The number of hydrogen-bond donors (Lipinski definition) is 1. The highest BCUT2D eigenvalue weighted by molar-refractivity contribution is 5.31. The van der Waals surface area contributed by atoms with Crippen LogP contribution in [-0.2, 0) is 5.41 Å². The minimum atomic E-state index is 0.0606. The molecule has 1 aromatic rings. The Hall–Kier alpha value is -1.02. The van der Waals surface area contributed by atoms with Crippen molar-refractivity contribution in [2.75, 3.05) is 6.61 Å². The van der Waals surface area contributed by atoms with Gasteiger partial charge in [-0.05, 0) is 30.0 Å². The Labute approximate surface area is 98.3 Å². The molecule has 16 heavy (non-hydrogen) atoms. The average Bonchev–Trinajstić information content (AvgIpc) is 2.17. The van der Waals surface area contributed by atoms with E-state index in [4.69, 9.17) is 9.84 Å². The third kappa shape index (κ3) is 3.86. The number of rotatable bonds is 4. The zero-order valence-electron chi connectivity index (χ0n) is 10.7. The van der Waals surface area contributed by atoms with Crippen molar-refractivity contribution < 1.29 is 9.84 Å². The second-order valence-corrected chi connectivity index (χ2v) is 5.22. The van der Waals surface area contributed by atoms with Gasteiger partial charge >= 0.3 is 0 Å². The summed E-state index contributed by atoms with van der Waals surface area (Å²) < 4.78 is 5.66. The largest absolute Gasteiger partial charge is 0.491 e. The van der Waals surface area contributed by atoms with Gasteiger partial charge in [0.15, 0.2) is 0 Å². The van der Waals surface area contributed by atoms with Crippen LogP contribution in [0.5, 0.6) is 5.75 Å². The topological polar surface area (TPSA) is 29.5 Å². The van der Waals surface area contributed by atoms with Crippen LogP contribution in [0.15, 0.2) is 24.3 Å². The molecule has 0 aliphatic heterocycles. The fraction of sp³-hybridized carbons (Fsp3) is 0.571. The van der Waals surface area contributed by atoms with Gasteiger partial charge in [-0.25, -0.2) is 0 Å². The van der Waals surface area contributed by atoms with Crippen molar-refractivity contribution in [3.05, 3.63) is 29.8 Å². The minimum absolute atomic E-state index is 0.0606. The Morgan fingerprint density at radius 3 is 2.19 bits per heavy atom. The fourth-order valence-corrected chi connectivity index (χ4v) is 1.51. The smallest absolute Gasteiger partial charge is 0.119 e. The second kappa shape index (κ2) is 5.35. The lowest BCUT2D eigenvalue weighted by Gasteiger charge is -2.20. The molecule has 0 saturated carbocycles. The standard InChI is InChI=1S/C14H22O2/c1-11(9-10-15)16-13-7-5-12(6-8-13)14(2,3)4/h5-8,11,15H,9-10H2,1-4H3. The molecule has 2 heteroatoms. The Morgan fingerprint density at radius 2 is 1.75 bits per heavy atom. The van der Waals surface area contributed by atoms with Crippen molar-refractivity contribution in [1.29, 1.82) is 0 Å². The van der Waals surface area contributed by atoms with Gasteiger partial charge in [0.2, 0.25) is 0 Å². The van der Waals surface area contributed by atoms with Crippen molar-refractivity contribution in [3.63, 3.8) is 0 Å². The van der Waals surface area contributed by atoms with Crippen LogP contribution in [-0.4, -0.2) is 17.8 Å². The molecule has 0 radical (unpaired) electrons.